The Bertz CT molecular complexity index is 527. The van der Waals surface area contributed by atoms with Crippen LogP contribution >= 0.6 is 7.82 Å². The second kappa shape index (κ2) is 8.76. The largest absolute Gasteiger partial charge is 0.472 e. The fourth-order valence-electron chi connectivity index (χ4n) is 2.78. The number of hydrogen-bond donors (Lipinski definition) is 2. The highest BCUT2D eigenvalue weighted by Crippen LogP contribution is 2.47. The van der Waals surface area contributed by atoms with Crippen LogP contribution in [0.15, 0.2) is 0 Å². The van der Waals surface area contributed by atoms with Crippen molar-refractivity contribution < 1.29 is 28.1 Å². The Hall–Kier alpha value is -0.750. The molecule has 25 heavy (non-hydrogen) atoms. The zero-order valence-electron chi connectivity index (χ0n) is 16.8. The van der Waals surface area contributed by atoms with E-state index in [1.165, 1.54) is 0 Å². The highest BCUT2D eigenvalue weighted by atomic mass is 31.2. The van der Waals surface area contributed by atoms with Crippen molar-refractivity contribution in [3.63, 3.8) is 0 Å². The SMILES string of the molecule is COP(=O)(O)OC(C)(C)CCNC(=O)CC(C)(C)CC(C)(C)C(C)=O. The summed E-state index contributed by atoms with van der Waals surface area (Å²) >= 11 is 0. The van der Waals surface area contributed by atoms with Crippen LogP contribution in [-0.2, 0) is 23.2 Å². The lowest BCUT2D eigenvalue weighted by Gasteiger charge is -2.33. The zero-order chi connectivity index (χ0) is 20.1. The molecule has 1 atom stereocenters. The van der Waals surface area contributed by atoms with Gasteiger partial charge >= 0.3 is 7.82 Å². The van der Waals surface area contributed by atoms with Gasteiger partial charge in [0, 0.05) is 25.5 Å². The molecule has 7 nitrogen and oxygen atoms in total. The van der Waals surface area contributed by atoms with Crippen LogP contribution in [0, 0.1) is 10.8 Å². The van der Waals surface area contributed by atoms with E-state index in [4.69, 9.17) is 4.52 Å². The van der Waals surface area contributed by atoms with Crippen LogP contribution in [0.25, 0.3) is 0 Å². The van der Waals surface area contributed by atoms with Gasteiger partial charge in [-0.15, -0.1) is 0 Å². The molecule has 0 aromatic rings. The summed E-state index contributed by atoms with van der Waals surface area (Å²) in [6.07, 6.45) is 1.26. The Labute approximate surface area is 151 Å². The van der Waals surface area contributed by atoms with Crippen LogP contribution in [0.4, 0.5) is 0 Å². The minimum absolute atomic E-state index is 0.103. The predicted molar refractivity (Wildman–Crippen MR) is 97.1 cm³/mol. The van der Waals surface area contributed by atoms with Gasteiger partial charge in [0.2, 0.25) is 5.91 Å². The van der Waals surface area contributed by atoms with E-state index in [9.17, 15) is 19.0 Å². The highest BCUT2D eigenvalue weighted by molar-refractivity contribution is 7.47. The molecule has 0 fully saturated rings. The van der Waals surface area contributed by atoms with Gasteiger partial charge in [-0.2, -0.15) is 0 Å². The second-order valence-electron chi connectivity index (χ2n) is 8.56. The van der Waals surface area contributed by atoms with Crippen LogP contribution in [0.2, 0.25) is 0 Å². The number of rotatable bonds is 11. The van der Waals surface area contributed by atoms with Crippen LogP contribution < -0.4 is 5.32 Å². The first-order valence-corrected chi connectivity index (χ1v) is 9.89. The Kier molecular flexibility index (Phi) is 8.50. The molecular weight excluding hydrogens is 345 g/mol. The van der Waals surface area contributed by atoms with Crippen molar-refractivity contribution in [2.24, 2.45) is 10.8 Å². The molecule has 0 aromatic heterocycles. The topological polar surface area (TPSA) is 102 Å². The number of phosphoric acid groups is 1. The quantitative estimate of drug-likeness (QED) is 0.533. The van der Waals surface area contributed by atoms with Crippen molar-refractivity contribution in [3.05, 3.63) is 0 Å². The van der Waals surface area contributed by atoms with E-state index in [-0.39, 0.29) is 17.1 Å². The van der Waals surface area contributed by atoms with Gasteiger partial charge in [0.1, 0.15) is 5.78 Å². The van der Waals surface area contributed by atoms with E-state index in [1.54, 1.807) is 20.8 Å². The first-order valence-electron chi connectivity index (χ1n) is 8.39. The fraction of sp³-hybridized carbons (Fsp3) is 0.882. The molecule has 0 radical (unpaired) electrons. The first-order chi connectivity index (χ1) is 11.0. The van der Waals surface area contributed by atoms with Gasteiger partial charge in [-0.05, 0) is 39.0 Å². The molecule has 8 heteroatoms. The number of amides is 1. The van der Waals surface area contributed by atoms with Gasteiger partial charge < -0.3 is 10.2 Å². The predicted octanol–water partition coefficient (Wildman–Crippen LogP) is 3.46. The fourth-order valence-corrected chi connectivity index (χ4v) is 3.57. The third-order valence-electron chi connectivity index (χ3n) is 4.16. The molecule has 1 unspecified atom stereocenters. The number of phosphoric ester groups is 1. The van der Waals surface area contributed by atoms with Crippen LogP contribution in [0.5, 0.6) is 0 Å². The molecule has 0 heterocycles. The van der Waals surface area contributed by atoms with Crippen molar-refractivity contribution in [2.75, 3.05) is 13.7 Å². The minimum atomic E-state index is -4.07. The molecule has 1 amide bonds. The van der Waals surface area contributed by atoms with Crippen molar-refractivity contribution in [2.45, 2.75) is 73.3 Å². The average molecular weight is 379 g/mol. The maximum absolute atomic E-state index is 12.2. The Balaban J connectivity index is 4.48. The molecule has 0 rings (SSSR count). The summed E-state index contributed by atoms with van der Waals surface area (Å²) in [5, 5.41) is 2.80. The summed E-state index contributed by atoms with van der Waals surface area (Å²) in [5.74, 6) is -0.0227. The molecule has 0 bridgehead atoms. The normalized spacial score (nSPS) is 15.6. The zero-order valence-corrected chi connectivity index (χ0v) is 17.7. The van der Waals surface area contributed by atoms with Crippen LogP contribution in [0.1, 0.15) is 67.7 Å². The summed E-state index contributed by atoms with van der Waals surface area (Å²) in [6.45, 7) is 12.9. The highest BCUT2D eigenvalue weighted by Gasteiger charge is 2.34. The van der Waals surface area contributed by atoms with E-state index >= 15 is 0 Å². The maximum Gasteiger partial charge on any atom is 0.472 e. The molecule has 148 valence electrons. The molecule has 0 aliphatic heterocycles. The number of carbonyl (C=O) groups is 2. The number of Topliss-reactive ketones (excluding diaryl/α,β-unsaturated/α-hetero) is 1. The monoisotopic (exact) mass is 379 g/mol. The Morgan fingerprint density at radius 1 is 1.12 bits per heavy atom. The molecule has 2 N–H and O–H groups in total. The third-order valence-corrected chi connectivity index (χ3v) is 5.34. The molecule has 0 aromatic carbocycles. The number of nitrogens with one attached hydrogen (secondary N) is 1. The molecule has 0 saturated heterocycles. The van der Waals surface area contributed by atoms with Crippen LogP contribution in [-0.4, -0.2) is 35.8 Å². The molecule has 0 saturated carbocycles. The van der Waals surface area contributed by atoms with Gasteiger partial charge in [0.05, 0.1) is 5.60 Å². The van der Waals surface area contributed by atoms with E-state index in [0.29, 0.717) is 25.8 Å². The lowest BCUT2D eigenvalue weighted by atomic mass is 9.71. The first kappa shape index (κ1) is 24.2. The molecule has 0 spiro atoms. The standard InChI is InChI=1S/C17H34NO6P/c1-13(19)16(4,5)12-15(2,3)11-14(20)18-10-9-17(6,7)24-25(21,22)23-8/h9-12H2,1-8H3,(H,18,20)(H,21,22). The van der Waals surface area contributed by atoms with Gasteiger partial charge in [0.25, 0.3) is 0 Å². The summed E-state index contributed by atoms with van der Waals surface area (Å²) in [5.41, 5.74) is -1.70. The van der Waals surface area contributed by atoms with E-state index < -0.39 is 18.8 Å². The summed E-state index contributed by atoms with van der Waals surface area (Å²) < 4.78 is 20.9. The Morgan fingerprint density at radius 3 is 2.08 bits per heavy atom. The minimum Gasteiger partial charge on any atom is -0.356 e. The van der Waals surface area contributed by atoms with Crippen LogP contribution in [0.3, 0.4) is 0 Å². The molecule has 0 aliphatic rings. The number of ketones is 1. The van der Waals surface area contributed by atoms with E-state index in [2.05, 4.69) is 9.84 Å². The second-order valence-corrected chi connectivity index (χ2v) is 10.0. The van der Waals surface area contributed by atoms with Crippen molar-refractivity contribution >= 4 is 19.5 Å². The summed E-state index contributed by atoms with van der Waals surface area (Å²) in [6, 6.07) is 0. The third kappa shape index (κ3) is 10.1. The average Bonchev–Trinajstić information content (AvgIpc) is 2.34. The summed E-state index contributed by atoms with van der Waals surface area (Å²) in [4.78, 5) is 33.2. The van der Waals surface area contributed by atoms with Gasteiger partial charge in [-0.3, -0.25) is 18.6 Å². The smallest absolute Gasteiger partial charge is 0.356 e. The van der Waals surface area contributed by atoms with Gasteiger partial charge in [0.15, 0.2) is 0 Å². The number of carbonyl (C=O) groups excluding carboxylic acids is 2. The van der Waals surface area contributed by atoms with Crippen molar-refractivity contribution in [1.29, 1.82) is 0 Å². The lowest BCUT2D eigenvalue weighted by molar-refractivity contribution is -0.129. The van der Waals surface area contributed by atoms with Crippen molar-refractivity contribution in [3.8, 4) is 0 Å². The summed E-state index contributed by atoms with van der Waals surface area (Å²) in [7, 11) is -2.97. The molecule has 0 aliphatic carbocycles. The van der Waals surface area contributed by atoms with Gasteiger partial charge in [-0.25, -0.2) is 4.57 Å². The lowest BCUT2D eigenvalue weighted by Crippen LogP contribution is -2.36. The molecular formula is C17H34NO6P. The van der Waals surface area contributed by atoms with Crippen molar-refractivity contribution in [1.82, 2.24) is 5.32 Å². The maximum atomic E-state index is 12.2. The number of hydrogen-bond acceptors (Lipinski definition) is 5. The van der Waals surface area contributed by atoms with E-state index in [1.807, 2.05) is 27.7 Å². The van der Waals surface area contributed by atoms with E-state index in [0.717, 1.165) is 7.11 Å². The Morgan fingerprint density at radius 2 is 1.64 bits per heavy atom. The van der Waals surface area contributed by atoms with Gasteiger partial charge in [-0.1, -0.05) is 27.7 Å².